The first-order valence-electron chi connectivity index (χ1n) is 7.42. The van der Waals surface area contributed by atoms with Crippen LogP contribution in [0.15, 0.2) is 55.2 Å². The van der Waals surface area contributed by atoms with Crippen LogP contribution in [0.1, 0.15) is 29.0 Å². The Bertz CT molecular complexity index is 747. The average Bonchev–Trinajstić information content (AvgIpc) is 3.07. The van der Waals surface area contributed by atoms with Crippen molar-refractivity contribution in [1.29, 1.82) is 0 Å². The minimum Gasteiger partial charge on any atom is -0.319 e. The zero-order valence-electron chi connectivity index (χ0n) is 11.9. The Morgan fingerprint density at radius 2 is 1.90 bits per heavy atom. The third-order valence-corrected chi connectivity index (χ3v) is 4.72. The molecule has 0 aromatic heterocycles. The van der Waals surface area contributed by atoms with Gasteiger partial charge in [-0.25, -0.2) is 0 Å². The quantitative estimate of drug-likeness (QED) is 0.698. The van der Waals surface area contributed by atoms with Gasteiger partial charge >= 0.3 is 0 Å². The Kier molecular flexibility index (Phi) is 2.71. The largest absolute Gasteiger partial charge is 0.319 e. The molecule has 1 unspecified atom stereocenters. The molecule has 0 bridgehead atoms. The molecule has 1 heterocycles. The molecule has 1 amide bonds. The van der Waals surface area contributed by atoms with Crippen molar-refractivity contribution in [2.24, 2.45) is 0 Å². The van der Waals surface area contributed by atoms with Crippen LogP contribution in [0, 0.1) is 0 Å². The molecule has 2 aromatic carbocycles. The molecule has 1 atom stereocenters. The number of fused-ring (bicyclic) bond motifs is 3. The number of rotatable bonds is 2. The van der Waals surface area contributed by atoms with Crippen LogP contribution in [-0.4, -0.2) is 17.4 Å². The zero-order chi connectivity index (χ0) is 14.4. The summed E-state index contributed by atoms with van der Waals surface area (Å²) in [5.74, 6) is 0.182. The number of hydrogen-bond donors (Lipinski definition) is 0. The molecule has 1 fully saturated rings. The molecule has 1 saturated heterocycles. The third kappa shape index (κ3) is 1.75. The first kappa shape index (κ1) is 12.4. The van der Waals surface area contributed by atoms with Gasteiger partial charge in [0.05, 0.1) is 5.92 Å². The molecular weight excluding hydrogens is 258 g/mol. The lowest BCUT2D eigenvalue weighted by atomic mass is 9.90. The molecule has 0 saturated carbocycles. The highest BCUT2D eigenvalue weighted by Gasteiger charge is 2.34. The molecule has 1 aliphatic carbocycles. The molecule has 0 spiro atoms. The topological polar surface area (TPSA) is 20.3 Å². The molecule has 2 aliphatic rings. The number of benzene rings is 2. The number of amides is 1. The molecule has 0 N–H and O–H groups in total. The van der Waals surface area contributed by atoms with Gasteiger partial charge in [-0.3, -0.25) is 4.79 Å². The van der Waals surface area contributed by atoms with Crippen molar-refractivity contribution in [2.45, 2.75) is 18.8 Å². The smallest absolute Gasteiger partial charge is 0.234 e. The van der Waals surface area contributed by atoms with E-state index in [1.165, 1.54) is 27.8 Å². The van der Waals surface area contributed by atoms with E-state index >= 15 is 0 Å². The predicted octanol–water partition coefficient (Wildman–Crippen LogP) is 3.72. The summed E-state index contributed by atoms with van der Waals surface area (Å²) in [7, 11) is 0. The lowest BCUT2D eigenvalue weighted by Gasteiger charge is -2.15. The van der Waals surface area contributed by atoms with E-state index in [4.69, 9.17) is 0 Å². The standard InChI is InChI=1S/C19H17NO/c1-2-20-11-10-17(19(20)21)16-9-5-8-15-14-7-4-3-6-13(14)12-18(15)16/h2-9,17H,1,10-12H2. The van der Waals surface area contributed by atoms with Crippen LogP contribution >= 0.6 is 0 Å². The number of carbonyl (C=O) groups is 1. The minimum absolute atomic E-state index is 0.00716. The maximum atomic E-state index is 12.5. The Balaban J connectivity index is 1.80. The van der Waals surface area contributed by atoms with Crippen LogP contribution in [0.5, 0.6) is 0 Å². The highest BCUT2D eigenvalue weighted by Crippen LogP contribution is 2.42. The first-order valence-corrected chi connectivity index (χ1v) is 7.42. The summed E-state index contributed by atoms with van der Waals surface area (Å²) in [6, 6.07) is 14.9. The lowest BCUT2D eigenvalue weighted by Crippen LogP contribution is -2.21. The molecule has 2 nitrogen and oxygen atoms in total. The SMILES string of the molecule is C=CN1CCC(c2cccc3c2Cc2ccccc2-3)C1=O. The molecular formula is C19H17NO. The maximum absolute atomic E-state index is 12.5. The molecule has 21 heavy (non-hydrogen) atoms. The van der Waals surface area contributed by atoms with Crippen LogP contribution in [0.2, 0.25) is 0 Å². The Hall–Kier alpha value is -2.35. The van der Waals surface area contributed by atoms with E-state index in [0.717, 1.165) is 19.4 Å². The van der Waals surface area contributed by atoms with Crippen LogP contribution in [0.3, 0.4) is 0 Å². The Morgan fingerprint density at radius 1 is 1.10 bits per heavy atom. The van der Waals surface area contributed by atoms with Gasteiger partial charge < -0.3 is 4.90 Å². The normalized spacial score (nSPS) is 19.5. The summed E-state index contributed by atoms with van der Waals surface area (Å²) >= 11 is 0. The van der Waals surface area contributed by atoms with Crippen molar-refractivity contribution >= 4 is 5.91 Å². The Labute approximate surface area is 124 Å². The highest BCUT2D eigenvalue weighted by molar-refractivity contribution is 5.89. The zero-order valence-corrected chi connectivity index (χ0v) is 11.9. The summed E-state index contributed by atoms with van der Waals surface area (Å²) in [5.41, 5.74) is 6.53. The van der Waals surface area contributed by atoms with Gasteiger partial charge in [0.25, 0.3) is 0 Å². The van der Waals surface area contributed by atoms with Gasteiger partial charge in [-0.2, -0.15) is 0 Å². The highest BCUT2D eigenvalue weighted by atomic mass is 16.2. The van der Waals surface area contributed by atoms with E-state index in [1.54, 1.807) is 11.1 Å². The fourth-order valence-corrected chi connectivity index (χ4v) is 3.68. The van der Waals surface area contributed by atoms with E-state index in [1.807, 2.05) is 0 Å². The third-order valence-electron chi connectivity index (χ3n) is 4.72. The molecule has 104 valence electrons. The molecule has 2 aromatic rings. The van der Waals surface area contributed by atoms with Crippen LogP contribution in [0.25, 0.3) is 11.1 Å². The van der Waals surface area contributed by atoms with Gasteiger partial charge in [0.15, 0.2) is 0 Å². The summed E-state index contributed by atoms with van der Waals surface area (Å²) in [6.07, 6.45) is 3.48. The van der Waals surface area contributed by atoms with Crippen molar-refractivity contribution in [1.82, 2.24) is 4.90 Å². The van der Waals surface area contributed by atoms with Gasteiger partial charge in [0.2, 0.25) is 5.91 Å². The van der Waals surface area contributed by atoms with Gasteiger partial charge in [-0.05, 0) is 46.9 Å². The van der Waals surface area contributed by atoms with E-state index in [2.05, 4.69) is 49.0 Å². The van der Waals surface area contributed by atoms with E-state index < -0.39 is 0 Å². The van der Waals surface area contributed by atoms with Crippen molar-refractivity contribution in [3.05, 3.63) is 71.9 Å². The van der Waals surface area contributed by atoms with Crippen LogP contribution in [-0.2, 0) is 11.2 Å². The monoisotopic (exact) mass is 275 g/mol. The molecule has 0 radical (unpaired) electrons. The maximum Gasteiger partial charge on any atom is 0.234 e. The van der Waals surface area contributed by atoms with Crippen molar-refractivity contribution in [3.8, 4) is 11.1 Å². The second kappa shape index (κ2) is 4.59. The van der Waals surface area contributed by atoms with E-state index in [0.29, 0.717) is 0 Å². The summed E-state index contributed by atoms with van der Waals surface area (Å²) in [6.45, 7) is 4.51. The van der Waals surface area contributed by atoms with Crippen molar-refractivity contribution in [3.63, 3.8) is 0 Å². The van der Waals surface area contributed by atoms with Gasteiger partial charge in [0.1, 0.15) is 0 Å². The second-order valence-corrected chi connectivity index (χ2v) is 5.76. The number of carbonyl (C=O) groups excluding carboxylic acids is 1. The first-order chi connectivity index (χ1) is 10.3. The fraction of sp³-hybridized carbons (Fsp3) is 0.211. The van der Waals surface area contributed by atoms with Gasteiger partial charge in [0, 0.05) is 6.54 Å². The molecule has 2 heteroatoms. The number of hydrogen-bond acceptors (Lipinski definition) is 1. The second-order valence-electron chi connectivity index (χ2n) is 5.76. The minimum atomic E-state index is -0.00716. The Morgan fingerprint density at radius 3 is 2.71 bits per heavy atom. The van der Waals surface area contributed by atoms with Crippen LogP contribution < -0.4 is 0 Å². The predicted molar refractivity (Wildman–Crippen MR) is 84.0 cm³/mol. The fourth-order valence-electron chi connectivity index (χ4n) is 3.68. The number of likely N-dealkylation sites (tertiary alicyclic amines) is 1. The van der Waals surface area contributed by atoms with Crippen molar-refractivity contribution in [2.75, 3.05) is 6.54 Å². The summed E-state index contributed by atoms with van der Waals surface area (Å²) in [4.78, 5) is 14.2. The molecule has 1 aliphatic heterocycles. The summed E-state index contributed by atoms with van der Waals surface area (Å²) < 4.78 is 0. The molecule has 4 rings (SSSR count). The lowest BCUT2D eigenvalue weighted by molar-refractivity contribution is -0.126. The van der Waals surface area contributed by atoms with Crippen LogP contribution in [0.4, 0.5) is 0 Å². The number of nitrogens with zero attached hydrogens (tertiary/aromatic N) is 1. The van der Waals surface area contributed by atoms with Gasteiger partial charge in [-0.1, -0.05) is 49.0 Å². The van der Waals surface area contributed by atoms with Gasteiger partial charge in [-0.15, -0.1) is 0 Å². The van der Waals surface area contributed by atoms with E-state index in [9.17, 15) is 4.79 Å². The van der Waals surface area contributed by atoms with E-state index in [-0.39, 0.29) is 11.8 Å². The van der Waals surface area contributed by atoms with Crippen molar-refractivity contribution < 1.29 is 4.79 Å². The average molecular weight is 275 g/mol. The summed E-state index contributed by atoms with van der Waals surface area (Å²) in [5, 5.41) is 0.